The van der Waals surface area contributed by atoms with Crippen LogP contribution in [0.15, 0.2) is 28.0 Å². The molecule has 0 bridgehead atoms. The van der Waals surface area contributed by atoms with E-state index in [0.29, 0.717) is 12.1 Å². The Bertz CT molecular complexity index is 629. The van der Waals surface area contributed by atoms with Crippen molar-refractivity contribution in [1.29, 1.82) is 0 Å². The minimum absolute atomic E-state index is 0.548. The van der Waals surface area contributed by atoms with Crippen LogP contribution in [0.1, 0.15) is 5.56 Å². The first-order chi connectivity index (χ1) is 7.85. The van der Waals surface area contributed by atoms with Gasteiger partial charge in [-0.25, -0.2) is 27.1 Å². The standard InChI is InChI=1S/C7H7F3N2O4S2/c8-7(9,10)6-4(17(11,13)14)2-1-3-5(6)18(12,15)16/h1-3H,(H2,11,13,14)(H2,12,15,16). The van der Waals surface area contributed by atoms with Gasteiger partial charge in [0, 0.05) is 0 Å². The second-order valence-corrected chi connectivity index (χ2v) is 6.28. The van der Waals surface area contributed by atoms with E-state index < -0.39 is 41.6 Å². The molecule has 0 atom stereocenters. The zero-order chi connectivity index (χ0) is 14.4. The van der Waals surface area contributed by atoms with E-state index in [1.807, 2.05) is 0 Å². The Morgan fingerprint density at radius 2 is 1.22 bits per heavy atom. The zero-order valence-corrected chi connectivity index (χ0v) is 10.1. The van der Waals surface area contributed by atoms with Crippen molar-refractivity contribution >= 4 is 20.0 Å². The molecule has 0 heterocycles. The molecule has 0 aromatic heterocycles. The first-order valence-electron chi connectivity index (χ1n) is 4.11. The molecule has 102 valence electrons. The average Bonchev–Trinajstić information content (AvgIpc) is 2.12. The maximum absolute atomic E-state index is 12.7. The number of halogens is 3. The fourth-order valence-corrected chi connectivity index (χ4v) is 2.89. The van der Waals surface area contributed by atoms with Gasteiger partial charge in [0.05, 0.1) is 15.4 Å². The molecule has 0 fully saturated rings. The summed E-state index contributed by atoms with van der Waals surface area (Å²) in [6, 6.07) is 1.90. The lowest BCUT2D eigenvalue weighted by Crippen LogP contribution is -2.24. The summed E-state index contributed by atoms with van der Waals surface area (Å²) in [5.74, 6) is 0. The molecule has 0 radical (unpaired) electrons. The van der Waals surface area contributed by atoms with Crippen molar-refractivity contribution in [3.05, 3.63) is 23.8 Å². The molecular formula is C7H7F3N2O4S2. The molecule has 0 spiro atoms. The lowest BCUT2D eigenvalue weighted by Gasteiger charge is -2.14. The first-order valence-corrected chi connectivity index (χ1v) is 7.20. The van der Waals surface area contributed by atoms with Crippen LogP contribution in [0.25, 0.3) is 0 Å². The van der Waals surface area contributed by atoms with Gasteiger partial charge in [0.15, 0.2) is 0 Å². The predicted molar refractivity (Wildman–Crippen MR) is 54.2 cm³/mol. The minimum atomic E-state index is -5.23. The topological polar surface area (TPSA) is 120 Å². The quantitative estimate of drug-likeness (QED) is 0.798. The van der Waals surface area contributed by atoms with E-state index in [4.69, 9.17) is 0 Å². The van der Waals surface area contributed by atoms with E-state index in [0.717, 1.165) is 6.07 Å². The fraction of sp³-hybridized carbons (Fsp3) is 0.143. The number of benzene rings is 1. The molecule has 0 saturated heterocycles. The summed E-state index contributed by atoms with van der Waals surface area (Å²) in [6.07, 6.45) is -5.23. The van der Waals surface area contributed by atoms with E-state index in [1.54, 1.807) is 0 Å². The molecule has 1 rings (SSSR count). The van der Waals surface area contributed by atoms with E-state index in [-0.39, 0.29) is 0 Å². The highest BCUT2D eigenvalue weighted by Crippen LogP contribution is 2.37. The first kappa shape index (κ1) is 14.9. The number of hydrogen-bond donors (Lipinski definition) is 2. The average molecular weight is 304 g/mol. The van der Waals surface area contributed by atoms with Gasteiger partial charge in [-0.05, 0) is 12.1 Å². The van der Waals surface area contributed by atoms with E-state index in [9.17, 15) is 30.0 Å². The van der Waals surface area contributed by atoms with Crippen molar-refractivity contribution in [2.24, 2.45) is 10.3 Å². The number of alkyl halides is 3. The summed E-state index contributed by atoms with van der Waals surface area (Å²) in [5, 5.41) is 9.21. The normalized spacial score (nSPS) is 13.6. The van der Waals surface area contributed by atoms with E-state index in [2.05, 4.69) is 10.3 Å². The molecule has 11 heteroatoms. The van der Waals surface area contributed by atoms with Crippen LogP contribution < -0.4 is 10.3 Å². The predicted octanol–water partition coefficient (Wildman–Crippen LogP) is 0.000200. The molecule has 0 saturated carbocycles. The number of primary sulfonamides is 2. The Hall–Kier alpha value is -1.17. The Balaban J connectivity index is 3.91. The van der Waals surface area contributed by atoms with Crippen LogP contribution in [0.4, 0.5) is 13.2 Å². The van der Waals surface area contributed by atoms with Gasteiger partial charge in [-0.15, -0.1) is 0 Å². The van der Waals surface area contributed by atoms with Crippen LogP contribution in [0.3, 0.4) is 0 Å². The highest BCUT2D eigenvalue weighted by molar-refractivity contribution is 7.90. The molecule has 1 aromatic rings. The SMILES string of the molecule is NS(=O)(=O)c1cccc(S(N)(=O)=O)c1C(F)(F)F. The Morgan fingerprint density at radius 3 is 1.44 bits per heavy atom. The summed E-state index contributed by atoms with van der Waals surface area (Å²) in [7, 11) is -9.48. The molecule has 6 nitrogen and oxygen atoms in total. The van der Waals surface area contributed by atoms with Gasteiger partial charge in [-0.2, -0.15) is 13.2 Å². The highest BCUT2D eigenvalue weighted by Gasteiger charge is 2.41. The lowest BCUT2D eigenvalue weighted by atomic mass is 10.2. The molecular weight excluding hydrogens is 297 g/mol. The van der Waals surface area contributed by atoms with Crippen molar-refractivity contribution in [3.8, 4) is 0 Å². The van der Waals surface area contributed by atoms with Gasteiger partial charge in [-0.1, -0.05) is 6.07 Å². The molecule has 0 amide bonds. The van der Waals surface area contributed by atoms with Crippen molar-refractivity contribution in [3.63, 3.8) is 0 Å². The summed E-state index contributed by atoms with van der Waals surface area (Å²) in [4.78, 5) is -2.69. The van der Waals surface area contributed by atoms with Crippen LogP contribution in [0.5, 0.6) is 0 Å². The summed E-state index contributed by atoms with van der Waals surface area (Å²) >= 11 is 0. The second-order valence-electron chi connectivity index (χ2n) is 3.22. The minimum Gasteiger partial charge on any atom is -0.225 e. The molecule has 0 unspecified atom stereocenters. The van der Waals surface area contributed by atoms with Crippen LogP contribution >= 0.6 is 0 Å². The number of nitrogens with two attached hydrogens (primary N) is 2. The summed E-state index contributed by atoms with van der Waals surface area (Å²) < 4.78 is 82.3. The van der Waals surface area contributed by atoms with E-state index in [1.165, 1.54) is 0 Å². The third-order valence-corrected chi connectivity index (χ3v) is 3.79. The van der Waals surface area contributed by atoms with Crippen LogP contribution in [0.2, 0.25) is 0 Å². The molecule has 0 aliphatic heterocycles. The zero-order valence-electron chi connectivity index (χ0n) is 8.47. The third kappa shape index (κ3) is 2.98. The Kier molecular flexibility index (Phi) is 3.46. The lowest BCUT2D eigenvalue weighted by molar-refractivity contribution is -0.142. The van der Waals surface area contributed by atoms with Crippen LogP contribution in [-0.2, 0) is 26.2 Å². The largest absolute Gasteiger partial charge is 0.419 e. The van der Waals surface area contributed by atoms with Gasteiger partial charge < -0.3 is 0 Å². The third-order valence-electron chi connectivity index (χ3n) is 1.88. The Labute approximate surface area is 100 Å². The van der Waals surface area contributed by atoms with Crippen LogP contribution in [0, 0.1) is 0 Å². The van der Waals surface area contributed by atoms with Crippen LogP contribution in [-0.4, -0.2) is 16.8 Å². The number of rotatable bonds is 2. The molecule has 1 aromatic carbocycles. The smallest absolute Gasteiger partial charge is 0.225 e. The van der Waals surface area contributed by atoms with Crippen molar-refractivity contribution in [2.75, 3.05) is 0 Å². The van der Waals surface area contributed by atoms with E-state index >= 15 is 0 Å². The van der Waals surface area contributed by atoms with Crippen molar-refractivity contribution in [2.45, 2.75) is 16.0 Å². The fourth-order valence-electron chi connectivity index (χ4n) is 1.26. The molecule has 18 heavy (non-hydrogen) atoms. The highest BCUT2D eigenvalue weighted by atomic mass is 32.2. The Morgan fingerprint density at radius 1 is 0.889 bits per heavy atom. The summed E-state index contributed by atoms with van der Waals surface area (Å²) in [6.45, 7) is 0. The number of sulfonamides is 2. The van der Waals surface area contributed by atoms with Gasteiger partial charge in [0.25, 0.3) is 0 Å². The molecule has 0 aliphatic carbocycles. The number of hydrogen-bond acceptors (Lipinski definition) is 4. The monoisotopic (exact) mass is 304 g/mol. The van der Waals surface area contributed by atoms with Gasteiger partial charge in [0.2, 0.25) is 20.0 Å². The molecule has 0 aliphatic rings. The maximum Gasteiger partial charge on any atom is 0.419 e. The molecule has 4 N–H and O–H groups in total. The summed E-state index contributed by atoms with van der Waals surface area (Å²) in [5.41, 5.74) is -1.89. The van der Waals surface area contributed by atoms with Gasteiger partial charge >= 0.3 is 6.18 Å². The van der Waals surface area contributed by atoms with Gasteiger partial charge in [0.1, 0.15) is 0 Å². The van der Waals surface area contributed by atoms with Gasteiger partial charge in [-0.3, -0.25) is 0 Å². The van der Waals surface area contributed by atoms with Crippen molar-refractivity contribution < 1.29 is 30.0 Å². The second kappa shape index (κ2) is 4.19. The van der Waals surface area contributed by atoms with Crippen molar-refractivity contribution in [1.82, 2.24) is 0 Å². The maximum atomic E-state index is 12.7.